The van der Waals surface area contributed by atoms with Gasteiger partial charge >= 0.3 is 0 Å². The number of carbonyl (C=O) groups is 2. The first kappa shape index (κ1) is 31.2. The van der Waals surface area contributed by atoms with Gasteiger partial charge in [-0.3, -0.25) is 13.9 Å². The fourth-order valence-electron chi connectivity index (χ4n) is 4.33. The smallest absolute Gasteiger partial charge is 0.244 e. The van der Waals surface area contributed by atoms with Crippen LogP contribution in [0.5, 0.6) is 0 Å². The van der Waals surface area contributed by atoms with Crippen molar-refractivity contribution in [3.05, 3.63) is 100 Å². The monoisotopic (exact) mass is 583 g/mol. The van der Waals surface area contributed by atoms with Gasteiger partial charge in [0.2, 0.25) is 21.8 Å². The molecule has 1 atom stereocenters. The Morgan fingerprint density at radius 2 is 1.55 bits per heavy atom. The first-order valence-electron chi connectivity index (χ1n) is 13.3. The van der Waals surface area contributed by atoms with Crippen molar-refractivity contribution in [2.45, 2.75) is 46.7 Å². The molecule has 2 amide bonds. The minimum Gasteiger partial charge on any atom is -0.354 e. The van der Waals surface area contributed by atoms with E-state index in [0.717, 1.165) is 27.3 Å². The molecule has 214 valence electrons. The summed E-state index contributed by atoms with van der Waals surface area (Å²) in [4.78, 5) is 29.3. The summed E-state index contributed by atoms with van der Waals surface area (Å²) in [5.74, 6) is -0.567. The molecule has 7 nitrogen and oxygen atoms in total. The summed E-state index contributed by atoms with van der Waals surface area (Å²) < 4.78 is 27.0. The first-order valence-corrected chi connectivity index (χ1v) is 15.5. The van der Waals surface area contributed by atoms with Gasteiger partial charge in [-0.2, -0.15) is 0 Å². The third kappa shape index (κ3) is 8.57. The van der Waals surface area contributed by atoms with Crippen molar-refractivity contribution in [2.75, 3.05) is 23.7 Å². The van der Waals surface area contributed by atoms with Gasteiger partial charge in [0.1, 0.15) is 12.6 Å². The molecule has 0 saturated heterocycles. The highest BCUT2D eigenvalue weighted by molar-refractivity contribution is 7.92. The largest absolute Gasteiger partial charge is 0.354 e. The van der Waals surface area contributed by atoms with E-state index in [2.05, 4.69) is 5.32 Å². The molecule has 3 aromatic carbocycles. The number of hydrogen-bond acceptors (Lipinski definition) is 4. The van der Waals surface area contributed by atoms with Crippen LogP contribution in [0.25, 0.3) is 0 Å². The minimum absolute atomic E-state index is 0.137. The molecule has 1 unspecified atom stereocenters. The van der Waals surface area contributed by atoms with Gasteiger partial charge in [0.25, 0.3) is 0 Å². The van der Waals surface area contributed by atoms with Crippen molar-refractivity contribution in [3.63, 3.8) is 0 Å². The Morgan fingerprint density at radius 3 is 2.15 bits per heavy atom. The zero-order chi connectivity index (χ0) is 29.4. The van der Waals surface area contributed by atoms with Gasteiger partial charge in [0.05, 0.1) is 11.9 Å². The molecule has 1 N–H and O–H groups in total. The Bertz CT molecular complexity index is 1410. The average molecular weight is 584 g/mol. The topological polar surface area (TPSA) is 86.8 Å². The number of rotatable bonds is 12. The van der Waals surface area contributed by atoms with Crippen LogP contribution in [-0.4, -0.2) is 50.5 Å². The number of anilines is 1. The van der Waals surface area contributed by atoms with Crippen molar-refractivity contribution in [1.82, 2.24) is 10.2 Å². The predicted octanol–water partition coefficient (Wildman–Crippen LogP) is 5.14. The molecule has 0 aliphatic rings. The second kappa shape index (κ2) is 13.8. The molecule has 3 rings (SSSR count). The summed E-state index contributed by atoms with van der Waals surface area (Å²) in [5, 5.41) is 3.38. The van der Waals surface area contributed by atoms with Gasteiger partial charge in [-0.25, -0.2) is 8.42 Å². The summed E-state index contributed by atoms with van der Waals surface area (Å²) in [6, 6.07) is 21.3. The molecule has 0 saturated carbocycles. The first-order chi connectivity index (χ1) is 18.9. The van der Waals surface area contributed by atoms with E-state index < -0.39 is 28.5 Å². The molecule has 40 heavy (non-hydrogen) atoms. The third-order valence-corrected chi connectivity index (χ3v) is 8.15. The van der Waals surface area contributed by atoms with E-state index in [1.54, 1.807) is 25.1 Å². The number of aryl methyl sites for hydroxylation is 1. The number of nitrogens with zero attached hydrogens (tertiary/aromatic N) is 2. The maximum Gasteiger partial charge on any atom is 0.244 e. The van der Waals surface area contributed by atoms with Crippen molar-refractivity contribution >= 4 is 39.1 Å². The van der Waals surface area contributed by atoms with E-state index in [1.165, 1.54) is 4.90 Å². The Morgan fingerprint density at radius 1 is 0.900 bits per heavy atom. The number of carbonyl (C=O) groups excluding carboxylic acids is 2. The summed E-state index contributed by atoms with van der Waals surface area (Å²) in [7, 11) is -3.86. The lowest BCUT2D eigenvalue weighted by molar-refractivity contribution is -0.140. The van der Waals surface area contributed by atoms with Crippen LogP contribution < -0.4 is 9.62 Å². The van der Waals surface area contributed by atoms with Crippen LogP contribution in [0.1, 0.15) is 36.1 Å². The minimum atomic E-state index is -3.86. The Labute approximate surface area is 243 Å². The standard InChI is InChI=1S/C31H38ClN3O4S/c1-22(2)19-33-31(37)29(18-25-10-7-6-8-11-25)34(20-26-16-14-23(3)15-17-26)30(36)21-35(40(5,38)39)28-13-9-12-27(32)24(28)4/h6-17,22,29H,18-21H2,1-5H3,(H,33,37). The third-order valence-electron chi connectivity index (χ3n) is 6.62. The van der Waals surface area contributed by atoms with E-state index in [9.17, 15) is 18.0 Å². The number of hydrogen-bond donors (Lipinski definition) is 1. The Balaban J connectivity index is 2.07. The maximum absolute atomic E-state index is 14.1. The molecule has 0 aliphatic heterocycles. The fraction of sp³-hybridized carbons (Fsp3) is 0.355. The summed E-state index contributed by atoms with van der Waals surface area (Å²) in [6.45, 7) is 7.79. The average Bonchev–Trinajstić information content (AvgIpc) is 2.90. The molecule has 0 fully saturated rings. The van der Waals surface area contributed by atoms with Crippen molar-refractivity contribution in [2.24, 2.45) is 5.92 Å². The molecular weight excluding hydrogens is 546 g/mol. The zero-order valence-electron chi connectivity index (χ0n) is 23.7. The number of nitrogens with one attached hydrogen (secondary N) is 1. The lowest BCUT2D eigenvalue weighted by Crippen LogP contribution is -2.53. The molecule has 0 radical (unpaired) electrons. The van der Waals surface area contributed by atoms with E-state index in [1.807, 2.05) is 75.4 Å². The molecule has 0 bridgehead atoms. The number of benzene rings is 3. The number of sulfonamides is 1. The predicted molar refractivity (Wildman–Crippen MR) is 162 cm³/mol. The van der Waals surface area contributed by atoms with Crippen LogP contribution in [0, 0.1) is 19.8 Å². The quantitative estimate of drug-likeness (QED) is 0.320. The Hall–Kier alpha value is -3.36. The van der Waals surface area contributed by atoms with Gasteiger partial charge in [-0.15, -0.1) is 0 Å². The molecule has 0 aliphatic carbocycles. The van der Waals surface area contributed by atoms with Crippen molar-refractivity contribution in [1.29, 1.82) is 0 Å². The fourth-order valence-corrected chi connectivity index (χ4v) is 5.40. The van der Waals surface area contributed by atoms with E-state index in [4.69, 9.17) is 11.6 Å². The number of amides is 2. The Kier molecular flexibility index (Phi) is 10.8. The highest BCUT2D eigenvalue weighted by Crippen LogP contribution is 2.28. The normalized spacial score (nSPS) is 12.2. The van der Waals surface area contributed by atoms with E-state index >= 15 is 0 Å². The van der Waals surface area contributed by atoms with Crippen molar-refractivity contribution in [3.8, 4) is 0 Å². The van der Waals surface area contributed by atoms with Crippen molar-refractivity contribution < 1.29 is 18.0 Å². The molecule has 0 spiro atoms. The van der Waals surface area contributed by atoms with Gasteiger partial charge in [-0.1, -0.05) is 91.7 Å². The van der Waals surface area contributed by atoms with Crippen LogP contribution in [0.4, 0.5) is 5.69 Å². The van der Waals surface area contributed by atoms with Crippen LogP contribution in [0.15, 0.2) is 72.8 Å². The second-order valence-corrected chi connectivity index (χ2v) is 12.8. The summed E-state index contributed by atoms with van der Waals surface area (Å²) >= 11 is 6.30. The lowest BCUT2D eigenvalue weighted by atomic mass is 10.0. The highest BCUT2D eigenvalue weighted by Gasteiger charge is 2.33. The lowest BCUT2D eigenvalue weighted by Gasteiger charge is -2.34. The molecule has 0 heterocycles. The molecule has 9 heteroatoms. The molecule has 0 aromatic heterocycles. The van der Waals surface area contributed by atoms with Crippen LogP contribution in [0.2, 0.25) is 5.02 Å². The SMILES string of the molecule is Cc1ccc(CN(C(=O)CN(c2cccc(Cl)c2C)S(C)(=O)=O)C(Cc2ccccc2)C(=O)NCC(C)C)cc1. The molecule has 3 aromatic rings. The molecular formula is C31H38ClN3O4S. The summed E-state index contributed by atoms with van der Waals surface area (Å²) in [6.07, 6.45) is 1.33. The van der Waals surface area contributed by atoms with Gasteiger partial charge in [-0.05, 0) is 48.6 Å². The highest BCUT2D eigenvalue weighted by atomic mass is 35.5. The number of halogens is 1. The van der Waals surface area contributed by atoms with Crippen LogP contribution >= 0.6 is 11.6 Å². The van der Waals surface area contributed by atoms with Gasteiger partial charge in [0, 0.05) is 24.5 Å². The van der Waals surface area contributed by atoms with E-state index in [-0.39, 0.29) is 24.8 Å². The van der Waals surface area contributed by atoms with Crippen LogP contribution in [-0.2, 0) is 32.6 Å². The van der Waals surface area contributed by atoms with E-state index in [0.29, 0.717) is 22.8 Å². The zero-order valence-corrected chi connectivity index (χ0v) is 25.3. The maximum atomic E-state index is 14.1. The van der Waals surface area contributed by atoms with Crippen LogP contribution in [0.3, 0.4) is 0 Å². The van der Waals surface area contributed by atoms with Gasteiger partial charge in [0.15, 0.2) is 0 Å². The van der Waals surface area contributed by atoms with Gasteiger partial charge < -0.3 is 10.2 Å². The second-order valence-electron chi connectivity index (χ2n) is 10.5. The summed E-state index contributed by atoms with van der Waals surface area (Å²) in [5.41, 5.74) is 3.65.